The third-order valence-electron chi connectivity index (χ3n) is 7.47. The Balaban J connectivity index is 1.35. The van der Waals surface area contributed by atoms with Crippen LogP contribution in [0.3, 0.4) is 0 Å². The van der Waals surface area contributed by atoms with Gasteiger partial charge in [-0.15, -0.1) is 0 Å². The van der Waals surface area contributed by atoms with Gasteiger partial charge in [-0.25, -0.2) is 4.98 Å². The molecule has 5 heterocycles. The van der Waals surface area contributed by atoms with E-state index in [9.17, 15) is 9.59 Å². The highest BCUT2D eigenvalue weighted by Gasteiger charge is 2.61. The Morgan fingerprint density at radius 2 is 2.09 bits per heavy atom. The average molecular weight is 463 g/mol. The van der Waals surface area contributed by atoms with E-state index < -0.39 is 0 Å². The van der Waals surface area contributed by atoms with E-state index in [1.165, 1.54) is 0 Å². The molecule has 1 N–H and O–H groups in total. The van der Waals surface area contributed by atoms with Gasteiger partial charge in [0.1, 0.15) is 17.1 Å². The topological polar surface area (TPSA) is 86.9 Å². The van der Waals surface area contributed by atoms with Crippen LogP contribution in [0.5, 0.6) is 5.75 Å². The van der Waals surface area contributed by atoms with E-state index in [0.717, 1.165) is 30.6 Å². The smallest absolute Gasteiger partial charge is 0.274 e. The Labute approximate surface area is 197 Å². The molecule has 2 unspecified atom stereocenters. The zero-order valence-corrected chi connectivity index (χ0v) is 20.0. The maximum Gasteiger partial charge on any atom is 0.274 e. The lowest BCUT2D eigenvalue weighted by molar-refractivity contribution is 0.0154. The molecule has 0 radical (unpaired) electrons. The summed E-state index contributed by atoms with van der Waals surface area (Å²) in [5.74, 6) is 0.540. The van der Waals surface area contributed by atoms with Crippen LogP contribution in [0.15, 0.2) is 41.6 Å². The van der Waals surface area contributed by atoms with Crippen LogP contribution in [0.2, 0.25) is 0 Å². The number of anilines is 1. The van der Waals surface area contributed by atoms with Gasteiger partial charge in [0.15, 0.2) is 0 Å². The minimum Gasteiger partial charge on any atom is -0.490 e. The molecule has 7 rings (SSSR count). The van der Waals surface area contributed by atoms with Crippen molar-refractivity contribution >= 4 is 17.2 Å². The molecule has 2 aliphatic heterocycles. The van der Waals surface area contributed by atoms with Crippen molar-refractivity contribution in [1.82, 2.24) is 14.0 Å². The van der Waals surface area contributed by atoms with Gasteiger partial charge in [-0.3, -0.25) is 9.59 Å². The molecule has 2 saturated carbocycles. The number of hydrogen-bond acceptors (Lipinski definition) is 5. The van der Waals surface area contributed by atoms with Gasteiger partial charge < -0.3 is 23.8 Å². The number of nitrogens with zero attached hydrogens (tertiary/aromatic N) is 3. The van der Waals surface area contributed by atoms with Crippen LogP contribution in [-0.4, -0.2) is 38.2 Å². The average Bonchev–Trinajstić information content (AvgIpc) is 3.08. The van der Waals surface area contributed by atoms with Crippen LogP contribution >= 0.6 is 0 Å². The van der Waals surface area contributed by atoms with E-state index >= 15 is 0 Å². The summed E-state index contributed by atoms with van der Waals surface area (Å²) in [6.45, 7) is 8.77. The lowest BCUT2D eigenvalue weighted by atomic mass is 9.62. The van der Waals surface area contributed by atoms with E-state index in [-0.39, 0.29) is 40.3 Å². The fourth-order valence-corrected chi connectivity index (χ4v) is 5.69. The van der Waals surface area contributed by atoms with Crippen LogP contribution in [0, 0.1) is 5.92 Å². The summed E-state index contributed by atoms with van der Waals surface area (Å²) in [7, 11) is 0. The monoisotopic (exact) mass is 462 g/mol. The van der Waals surface area contributed by atoms with Crippen molar-refractivity contribution in [2.45, 2.75) is 70.1 Å². The first-order valence-corrected chi connectivity index (χ1v) is 12.0. The van der Waals surface area contributed by atoms with Crippen molar-refractivity contribution in [1.29, 1.82) is 0 Å². The number of rotatable bonds is 6. The number of imidazole rings is 1. The second-order valence-corrected chi connectivity index (χ2v) is 10.9. The Bertz CT molecular complexity index is 1360. The highest BCUT2D eigenvalue weighted by molar-refractivity contribution is 6.06. The summed E-state index contributed by atoms with van der Waals surface area (Å²) in [6, 6.07) is 5.46. The summed E-state index contributed by atoms with van der Waals surface area (Å²) in [5.41, 5.74) is 2.07. The molecule has 2 atom stereocenters. The highest BCUT2D eigenvalue weighted by atomic mass is 16.5. The van der Waals surface area contributed by atoms with E-state index in [2.05, 4.69) is 19.2 Å². The van der Waals surface area contributed by atoms with E-state index in [1.807, 2.05) is 24.4 Å². The van der Waals surface area contributed by atoms with Gasteiger partial charge in [0.2, 0.25) is 0 Å². The van der Waals surface area contributed by atoms with Gasteiger partial charge in [0.05, 0.1) is 29.6 Å². The van der Waals surface area contributed by atoms with Crippen LogP contribution in [0.25, 0.3) is 5.65 Å². The number of nitrogens with one attached hydrogen (secondary N) is 1. The molecule has 178 valence electrons. The molecule has 34 heavy (non-hydrogen) atoms. The Morgan fingerprint density at radius 1 is 1.32 bits per heavy atom. The molecular weight excluding hydrogens is 432 g/mol. The highest BCUT2D eigenvalue weighted by Crippen LogP contribution is 2.58. The van der Waals surface area contributed by atoms with Gasteiger partial charge in [0, 0.05) is 36.1 Å². The van der Waals surface area contributed by atoms with Crippen molar-refractivity contribution < 1.29 is 14.3 Å². The summed E-state index contributed by atoms with van der Waals surface area (Å²) in [5, 5.41) is 2.82. The minimum atomic E-state index is -0.384. The molecule has 0 aromatic carbocycles. The zero-order chi connectivity index (χ0) is 23.8. The number of carbonyl (C=O) groups excluding carboxylic acids is 1. The fourth-order valence-electron chi connectivity index (χ4n) is 5.69. The Hall–Kier alpha value is -3.13. The number of aromatic nitrogens is 3. The van der Waals surface area contributed by atoms with Gasteiger partial charge in [-0.2, -0.15) is 0 Å². The third-order valence-corrected chi connectivity index (χ3v) is 7.47. The predicted octanol–water partition coefficient (Wildman–Crippen LogP) is 3.94. The maximum absolute atomic E-state index is 13.4. The van der Waals surface area contributed by atoms with Gasteiger partial charge in [0.25, 0.3) is 11.5 Å². The van der Waals surface area contributed by atoms with E-state index in [1.54, 1.807) is 35.2 Å². The van der Waals surface area contributed by atoms with Gasteiger partial charge in [-0.05, 0) is 58.1 Å². The first kappa shape index (κ1) is 21.4. The number of ether oxygens (including phenoxy) is 2. The maximum atomic E-state index is 13.4. The van der Waals surface area contributed by atoms with Crippen molar-refractivity contribution in [3.63, 3.8) is 0 Å². The molecular formula is C26H30N4O4. The van der Waals surface area contributed by atoms with Crippen LogP contribution in [0.4, 0.5) is 5.69 Å². The second-order valence-electron chi connectivity index (χ2n) is 10.9. The first-order valence-electron chi connectivity index (χ1n) is 12.0. The van der Waals surface area contributed by atoms with Gasteiger partial charge in [-0.1, -0.05) is 6.92 Å². The van der Waals surface area contributed by atoms with Crippen LogP contribution < -0.4 is 15.6 Å². The summed E-state index contributed by atoms with van der Waals surface area (Å²) >= 11 is 0. The summed E-state index contributed by atoms with van der Waals surface area (Å²) < 4.78 is 15.5. The predicted molar refractivity (Wildman–Crippen MR) is 128 cm³/mol. The molecule has 2 aliphatic carbocycles. The fraction of sp³-hybridized carbons (Fsp3) is 0.500. The van der Waals surface area contributed by atoms with Gasteiger partial charge >= 0.3 is 0 Å². The molecule has 4 aliphatic rings. The molecule has 3 aromatic heterocycles. The number of hydrogen-bond donors (Lipinski definition) is 1. The molecule has 3 aromatic rings. The second kappa shape index (κ2) is 7.18. The molecule has 0 spiro atoms. The van der Waals surface area contributed by atoms with Crippen molar-refractivity contribution in [2.75, 3.05) is 11.9 Å². The number of carbonyl (C=O) groups is 1. The van der Waals surface area contributed by atoms with E-state index in [4.69, 9.17) is 14.5 Å². The normalized spacial score (nSPS) is 29.3. The van der Waals surface area contributed by atoms with Crippen LogP contribution in [-0.2, 0) is 10.2 Å². The Kier molecular flexibility index (Phi) is 4.52. The molecule has 8 nitrogen and oxygen atoms in total. The van der Waals surface area contributed by atoms with Crippen molar-refractivity contribution in [3.05, 3.63) is 58.4 Å². The summed E-state index contributed by atoms with van der Waals surface area (Å²) in [6.07, 6.45) is 8.31. The molecule has 2 saturated heterocycles. The number of pyridine rings is 2. The molecule has 1 amide bonds. The standard InChI is InChI=1S/C26H30N4O4/c1-15(2)34-20-9-22-28-21(26-12-25(4,13-26)33-14-26)11-29(22)10-17(20)23(31)27-18-6-5-7-30(24(18)32)19-8-16(19)3/h5-7,9-11,15-16,19H,8,12-14H2,1-4H3,(H,27,31). The molecule has 4 fully saturated rings. The molecule has 8 heteroatoms. The molecule has 2 bridgehead atoms. The van der Waals surface area contributed by atoms with Crippen molar-refractivity contribution in [2.24, 2.45) is 5.92 Å². The number of fused-ring (bicyclic) bond motifs is 2. The van der Waals surface area contributed by atoms with E-state index in [0.29, 0.717) is 23.8 Å². The first-order chi connectivity index (χ1) is 16.2. The van der Waals surface area contributed by atoms with Crippen molar-refractivity contribution in [3.8, 4) is 5.75 Å². The van der Waals surface area contributed by atoms with Crippen LogP contribution in [0.1, 0.15) is 69.1 Å². The third kappa shape index (κ3) is 3.35. The SMILES string of the molecule is CC(C)Oc1cc2nc(C34COC(C)(C3)C4)cn2cc1C(=O)Nc1cccn(C2CC2C)c1=O. The largest absolute Gasteiger partial charge is 0.490 e. The quantitative estimate of drug-likeness (QED) is 0.600. The lowest BCUT2D eigenvalue weighted by Gasteiger charge is -2.41. The summed E-state index contributed by atoms with van der Waals surface area (Å²) in [4.78, 5) is 31.2. The Morgan fingerprint density at radius 3 is 2.74 bits per heavy atom. The number of amides is 1. The minimum absolute atomic E-state index is 0.0341. The zero-order valence-electron chi connectivity index (χ0n) is 20.0. The lowest BCUT2D eigenvalue weighted by Crippen LogP contribution is -2.45.